The maximum Gasteiger partial charge on any atom is 0.121 e. The van der Waals surface area contributed by atoms with Crippen molar-refractivity contribution in [3.05, 3.63) is 29.3 Å². The first-order chi connectivity index (χ1) is 10.1. The summed E-state index contributed by atoms with van der Waals surface area (Å²) in [5, 5.41) is 10.9. The molecule has 0 aromatic heterocycles. The van der Waals surface area contributed by atoms with E-state index in [0.29, 0.717) is 6.54 Å². The molecule has 1 aromatic rings. The summed E-state index contributed by atoms with van der Waals surface area (Å²) < 4.78 is 5.30. The quantitative estimate of drug-likeness (QED) is 0.871. The van der Waals surface area contributed by atoms with Gasteiger partial charge in [0.05, 0.1) is 13.2 Å². The second kappa shape index (κ2) is 6.80. The first-order valence-corrected chi connectivity index (χ1v) is 8.09. The van der Waals surface area contributed by atoms with Crippen molar-refractivity contribution >= 4 is 0 Å². The number of ether oxygens (including phenoxy) is 1. The van der Waals surface area contributed by atoms with E-state index in [9.17, 15) is 5.11 Å². The van der Waals surface area contributed by atoms with Crippen molar-refractivity contribution in [2.24, 2.45) is 17.1 Å². The Bertz CT molecular complexity index is 464. The molecule has 0 bridgehead atoms. The van der Waals surface area contributed by atoms with Crippen molar-refractivity contribution in [3.8, 4) is 5.75 Å². The first-order valence-electron chi connectivity index (χ1n) is 8.09. The van der Waals surface area contributed by atoms with E-state index in [1.54, 1.807) is 7.11 Å². The highest BCUT2D eigenvalue weighted by Gasteiger charge is 2.40. The average molecular weight is 291 g/mol. The molecule has 118 valence electrons. The van der Waals surface area contributed by atoms with E-state index in [4.69, 9.17) is 10.5 Å². The fourth-order valence-corrected chi connectivity index (χ4v) is 3.68. The molecule has 0 amide bonds. The maximum absolute atomic E-state index is 10.9. The number of aliphatic hydroxyl groups is 1. The van der Waals surface area contributed by atoms with Gasteiger partial charge >= 0.3 is 0 Å². The molecule has 1 fully saturated rings. The number of nitrogens with two attached hydrogens (primary N) is 1. The van der Waals surface area contributed by atoms with Crippen LogP contribution in [0.1, 0.15) is 56.3 Å². The minimum atomic E-state index is -0.482. The van der Waals surface area contributed by atoms with Crippen molar-refractivity contribution < 1.29 is 9.84 Å². The summed E-state index contributed by atoms with van der Waals surface area (Å²) in [4.78, 5) is 0. The van der Waals surface area contributed by atoms with E-state index >= 15 is 0 Å². The van der Waals surface area contributed by atoms with E-state index < -0.39 is 6.10 Å². The molecule has 1 aromatic carbocycles. The Morgan fingerprint density at radius 1 is 1.38 bits per heavy atom. The standard InChI is InChI=1S/C18H29NO2/c1-4-14-7-9-18(12-19,10-8-14)17(20)15-5-6-16(21-3)13(2)11-15/h5-6,11,14,17,20H,4,7-10,12,19H2,1-3H3. The molecule has 0 saturated heterocycles. The predicted octanol–water partition coefficient (Wildman–Crippen LogP) is 3.58. The van der Waals surface area contributed by atoms with Crippen LogP contribution in [0.25, 0.3) is 0 Å². The third kappa shape index (κ3) is 3.24. The topological polar surface area (TPSA) is 55.5 Å². The van der Waals surface area contributed by atoms with Gasteiger partial charge in [0.25, 0.3) is 0 Å². The van der Waals surface area contributed by atoms with Gasteiger partial charge < -0.3 is 15.6 Å². The van der Waals surface area contributed by atoms with E-state index in [1.165, 1.54) is 19.3 Å². The number of benzene rings is 1. The molecule has 1 aliphatic rings. The second-order valence-corrected chi connectivity index (χ2v) is 6.55. The van der Waals surface area contributed by atoms with Crippen LogP contribution in [-0.2, 0) is 0 Å². The molecule has 3 nitrogen and oxygen atoms in total. The van der Waals surface area contributed by atoms with Crippen molar-refractivity contribution in [2.45, 2.75) is 52.1 Å². The van der Waals surface area contributed by atoms with Gasteiger partial charge in [0.15, 0.2) is 0 Å². The van der Waals surface area contributed by atoms with Crippen LogP contribution in [0, 0.1) is 18.3 Å². The van der Waals surface area contributed by atoms with Crippen molar-refractivity contribution in [3.63, 3.8) is 0 Å². The summed E-state index contributed by atoms with van der Waals surface area (Å²) >= 11 is 0. The normalized spacial score (nSPS) is 27.4. The molecule has 21 heavy (non-hydrogen) atoms. The summed E-state index contributed by atoms with van der Waals surface area (Å²) in [6.45, 7) is 4.82. The maximum atomic E-state index is 10.9. The Morgan fingerprint density at radius 3 is 2.52 bits per heavy atom. The van der Waals surface area contributed by atoms with Gasteiger partial charge in [-0.25, -0.2) is 0 Å². The van der Waals surface area contributed by atoms with E-state index in [0.717, 1.165) is 35.6 Å². The Labute approximate surface area is 128 Å². The lowest BCUT2D eigenvalue weighted by atomic mass is 9.65. The van der Waals surface area contributed by atoms with Crippen molar-refractivity contribution in [1.82, 2.24) is 0 Å². The first kappa shape index (κ1) is 16.3. The average Bonchev–Trinajstić information content (AvgIpc) is 2.54. The van der Waals surface area contributed by atoms with Gasteiger partial charge in [0.1, 0.15) is 5.75 Å². The number of aryl methyl sites for hydroxylation is 1. The molecule has 1 aliphatic carbocycles. The molecule has 3 N–H and O–H groups in total. The summed E-state index contributed by atoms with van der Waals surface area (Å²) in [6, 6.07) is 5.95. The Balaban J connectivity index is 2.20. The van der Waals surface area contributed by atoms with Gasteiger partial charge in [0, 0.05) is 12.0 Å². The Morgan fingerprint density at radius 2 is 2.05 bits per heavy atom. The molecule has 2 rings (SSSR count). The summed E-state index contributed by atoms with van der Waals surface area (Å²) in [6.07, 6.45) is 5.16. The number of hydrogen-bond acceptors (Lipinski definition) is 3. The van der Waals surface area contributed by atoms with Crippen LogP contribution in [0.5, 0.6) is 5.75 Å². The minimum absolute atomic E-state index is 0.160. The molecule has 1 unspecified atom stereocenters. The third-order valence-electron chi connectivity index (χ3n) is 5.40. The van der Waals surface area contributed by atoms with Gasteiger partial charge in [-0.3, -0.25) is 0 Å². The van der Waals surface area contributed by atoms with Crippen LogP contribution >= 0.6 is 0 Å². The van der Waals surface area contributed by atoms with Crippen LogP contribution < -0.4 is 10.5 Å². The molecule has 3 heteroatoms. The van der Waals surface area contributed by atoms with Gasteiger partial charge in [-0.2, -0.15) is 0 Å². The monoisotopic (exact) mass is 291 g/mol. The SMILES string of the molecule is CCC1CCC(CN)(C(O)c2ccc(OC)c(C)c2)CC1. The van der Waals surface area contributed by atoms with E-state index in [1.807, 2.05) is 25.1 Å². The third-order valence-corrected chi connectivity index (χ3v) is 5.40. The zero-order valence-corrected chi connectivity index (χ0v) is 13.6. The van der Waals surface area contributed by atoms with Gasteiger partial charge in [0.2, 0.25) is 0 Å². The van der Waals surface area contributed by atoms with E-state index in [2.05, 4.69) is 6.92 Å². The Hall–Kier alpha value is -1.06. The van der Waals surface area contributed by atoms with E-state index in [-0.39, 0.29) is 5.41 Å². The zero-order valence-electron chi connectivity index (χ0n) is 13.6. The zero-order chi connectivity index (χ0) is 15.5. The molecule has 0 radical (unpaired) electrons. The van der Waals surface area contributed by atoms with Gasteiger partial charge in [-0.1, -0.05) is 19.4 Å². The second-order valence-electron chi connectivity index (χ2n) is 6.55. The lowest BCUT2D eigenvalue weighted by Crippen LogP contribution is -2.40. The molecule has 0 spiro atoms. The summed E-state index contributed by atoms with van der Waals surface area (Å²) in [5.41, 5.74) is 7.94. The number of aliphatic hydroxyl groups excluding tert-OH is 1. The number of hydrogen-bond donors (Lipinski definition) is 2. The molecular weight excluding hydrogens is 262 g/mol. The van der Waals surface area contributed by atoms with Crippen LogP contribution in [0.15, 0.2) is 18.2 Å². The fourth-order valence-electron chi connectivity index (χ4n) is 3.68. The Kier molecular flexibility index (Phi) is 5.28. The minimum Gasteiger partial charge on any atom is -0.496 e. The molecule has 1 saturated carbocycles. The number of rotatable bonds is 5. The molecule has 1 atom stereocenters. The van der Waals surface area contributed by atoms with Crippen LogP contribution in [-0.4, -0.2) is 18.8 Å². The van der Waals surface area contributed by atoms with Crippen LogP contribution in [0.2, 0.25) is 0 Å². The van der Waals surface area contributed by atoms with Crippen LogP contribution in [0.3, 0.4) is 0 Å². The highest BCUT2D eigenvalue weighted by molar-refractivity contribution is 5.37. The van der Waals surface area contributed by atoms with Gasteiger partial charge in [-0.05, 0) is 61.8 Å². The lowest BCUT2D eigenvalue weighted by Gasteiger charge is -2.43. The van der Waals surface area contributed by atoms with Crippen molar-refractivity contribution in [2.75, 3.05) is 13.7 Å². The summed E-state index contributed by atoms with van der Waals surface area (Å²) in [7, 11) is 1.67. The van der Waals surface area contributed by atoms with Crippen LogP contribution in [0.4, 0.5) is 0 Å². The number of methoxy groups -OCH3 is 1. The predicted molar refractivity (Wildman–Crippen MR) is 86.4 cm³/mol. The molecule has 0 aliphatic heterocycles. The fraction of sp³-hybridized carbons (Fsp3) is 0.667. The highest BCUT2D eigenvalue weighted by atomic mass is 16.5. The molecule has 0 heterocycles. The summed E-state index contributed by atoms with van der Waals surface area (Å²) in [5.74, 6) is 1.66. The van der Waals surface area contributed by atoms with Gasteiger partial charge in [-0.15, -0.1) is 0 Å². The smallest absolute Gasteiger partial charge is 0.121 e. The highest BCUT2D eigenvalue weighted by Crippen LogP contribution is 2.47. The largest absolute Gasteiger partial charge is 0.496 e. The molecular formula is C18H29NO2. The van der Waals surface area contributed by atoms with Crippen molar-refractivity contribution in [1.29, 1.82) is 0 Å². The lowest BCUT2D eigenvalue weighted by molar-refractivity contribution is -0.0103.